The number of pyridine rings is 1. The first-order valence-corrected chi connectivity index (χ1v) is 9.57. The van der Waals surface area contributed by atoms with Gasteiger partial charge in [0.05, 0.1) is 22.0 Å². The summed E-state index contributed by atoms with van der Waals surface area (Å²) in [4.78, 5) is 28.8. The molecule has 29 heavy (non-hydrogen) atoms. The van der Waals surface area contributed by atoms with Gasteiger partial charge in [0.25, 0.3) is 5.91 Å². The normalized spacial score (nSPS) is 11.8. The number of rotatable bonds is 5. The van der Waals surface area contributed by atoms with Crippen molar-refractivity contribution in [3.63, 3.8) is 0 Å². The summed E-state index contributed by atoms with van der Waals surface area (Å²) in [6, 6.07) is 9.40. The van der Waals surface area contributed by atoms with Crippen LogP contribution in [0.4, 0.5) is 11.4 Å². The number of hydrogen-bond acceptors (Lipinski definition) is 4. The van der Waals surface area contributed by atoms with E-state index in [4.69, 9.17) is 23.2 Å². The van der Waals surface area contributed by atoms with Gasteiger partial charge in [-0.15, -0.1) is 0 Å². The third kappa shape index (κ3) is 4.75. The zero-order valence-electron chi connectivity index (χ0n) is 16.0. The molecule has 2 amide bonds. The number of hydrogen-bond donors (Lipinski definition) is 2. The Balaban J connectivity index is 1.71. The van der Waals surface area contributed by atoms with Crippen LogP contribution in [0, 0.1) is 13.8 Å². The van der Waals surface area contributed by atoms with Gasteiger partial charge in [-0.3, -0.25) is 14.3 Å². The summed E-state index contributed by atoms with van der Waals surface area (Å²) in [6.07, 6.45) is 1.50. The highest BCUT2D eigenvalue weighted by Gasteiger charge is 2.19. The highest BCUT2D eigenvalue weighted by molar-refractivity contribution is 6.34. The average Bonchev–Trinajstić information content (AvgIpc) is 3.01. The first-order chi connectivity index (χ1) is 13.8. The highest BCUT2D eigenvalue weighted by atomic mass is 35.5. The Kier molecular flexibility index (Phi) is 6.20. The van der Waals surface area contributed by atoms with Crippen molar-refractivity contribution >= 4 is 46.4 Å². The first kappa shape index (κ1) is 20.8. The summed E-state index contributed by atoms with van der Waals surface area (Å²) in [7, 11) is 0. The maximum atomic E-state index is 12.6. The van der Waals surface area contributed by atoms with Crippen molar-refractivity contribution in [2.24, 2.45) is 0 Å². The molecule has 0 saturated heterocycles. The molecule has 0 spiro atoms. The van der Waals surface area contributed by atoms with Crippen molar-refractivity contribution in [3.05, 3.63) is 69.7 Å². The summed E-state index contributed by atoms with van der Waals surface area (Å²) in [5, 5.41) is 10.2. The van der Waals surface area contributed by atoms with E-state index >= 15 is 0 Å². The second kappa shape index (κ2) is 8.63. The number of carbonyl (C=O) groups is 2. The van der Waals surface area contributed by atoms with Crippen LogP contribution >= 0.6 is 23.2 Å². The van der Waals surface area contributed by atoms with E-state index in [1.165, 1.54) is 6.20 Å². The fraction of sp³-hybridized carbons (Fsp3) is 0.200. The summed E-state index contributed by atoms with van der Waals surface area (Å²) < 4.78 is 1.66. The number of anilines is 2. The first-order valence-electron chi connectivity index (χ1n) is 8.81. The Bertz CT molecular complexity index is 1080. The van der Waals surface area contributed by atoms with Crippen molar-refractivity contribution in [1.82, 2.24) is 14.8 Å². The monoisotopic (exact) mass is 431 g/mol. The van der Waals surface area contributed by atoms with Crippen molar-refractivity contribution in [1.29, 1.82) is 0 Å². The molecule has 2 heterocycles. The molecule has 0 aliphatic rings. The molecule has 0 bridgehead atoms. The third-order valence-electron chi connectivity index (χ3n) is 4.28. The number of amides is 2. The summed E-state index contributed by atoms with van der Waals surface area (Å²) in [5.41, 5.74) is 2.88. The van der Waals surface area contributed by atoms with Crippen LogP contribution in [-0.4, -0.2) is 26.6 Å². The molecular formula is C20H19Cl2N5O2. The molecule has 1 unspecified atom stereocenters. The average molecular weight is 432 g/mol. The fourth-order valence-electron chi connectivity index (χ4n) is 2.83. The van der Waals surface area contributed by atoms with Gasteiger partial charge >= 0.3 is 0 Å². The smallest absolute Gasteiger partial charge is 0.258 e. The van der Waals surface area contributed by atoms with Gasteiger partial charge in [-0.05, 0) is 57.2 Å². The second-order valence-corrected chi connectivity index (χ2v) is 7.29. The molecule has 1 atom stereocenters. The lowest BCUT2D eigenvalue weighted by molar-refractivity contribution is -0.119. The van der Waals surface area contributed by atoms with Gasteiger partial charge in [0.2, 0.25) is 5.91 Å². The summed E-state index contributed by atoms with van der Waals surface area (Å²) >= 11 is 12.2. The van der Waals surface area contributed by atoms with Crippen LogP contribution in [0.1, 0.15) is 34.7 Å². The van der Waals surface area contributed by atoms with Crippen molar-refractivity contribution in [3.8, 4) is 0 Å². The second-order valence-electron chi connectivity index (χ2n) is 6.53. The number of carbonyl (C=O) groups excluding carboxylic acids is 2. The van der Waals surface area contributed by atoms with Crippen molar-refractivity contribution in [2.75, 3.05) is 10.6 Å². The summed E-state index contributed by atoms with van der Waals surface area (Å²) in [5.74, 6) is -0.661. The minimum absolute atomic E-state index is 0.109. The number of nitrogens with zero attached hydrogens (tertiary/aromatic N) is 3. The van der Waals surface area contributed by atoms with Gasteiger partial charge in [0.1, 0.15) is 11.2 Å². The number of aromatic nitrogens is 3. The van der Waals surface area contributed by atoms with Crippen LogP contribution in [0.3, 0.4) is 0 Å². The van der Waals surface area contributed by atoms with Crippen LogP contribution in [0.5, 0.6) is 0 Å². The molecule has 1 aromatic carbocycles. The van der Waals surface area contributed by atoms with Crippen molar-refractivity contribution < 1.29 is 9.59 Å². The number of nitrogens with one attached hydrogen (secondary N) is 2. The quantitative estimate of drug-likeness (QED) is 0.575. The largest absolute Gasteiger partial charge is 0.323 e. The Hall–Kier alpha value is -2.90. The predicted molar refractivity (Wildman–Crippen MR) is 114 cm³/mol. The van der Waals surface area contributed by atoms with Gasteiger partial charge in [-0.2, -0.15) is 5.10 Å². The van der Waals surface area contributed by atoms with E-state index in [1.807, 2.05) is 19.9 Å². The maximum Gasteiger partial charge on any atom is 0.258 e. The Labute approximate surface area is 178 Å². The Morgan fingerprint density at radius 1 is 1.10 bits per heavy atom. The Morgan fingerprint density at radius 3 is 2.48 bits per heavy atom. The standard InChI is InChI=1S/C20H19Cl2N5O2/c1-11-9-12(2)27(26-11)13(3)19(28)25-17-7-6-14(10-16(17)21)24-20(29)15-5-4-8-23-18(15)22/h4-10,13H,1-3H3,(H,24,29)(H,25,28). The molecule has 0 radical (unpaired) electrons. The van der Waals surface area contributed by atoms with Gasteiger partial charge in [0.15, 0.2) is 0 Å². The SMILES string of the molecule is Cc1cc(C)n(C(C)C(=O)Nc2ccc(NC(=O)c3cccnc3Cl)cc2Cl)n1. The molecule has 2 aromatic heterocycles. The molecule has 0 saturated carbocycles. The molecule has 3 rings (SSSR count). The molecule has 0 aliphatic heterocycles. The topological polar surface area (TPSA) is 88.9 Å². The van der Waals surface area contributed by atoms with Crippen LogP contribution < -0.4 is 10.6 Å². The number of benzene rings is 1. The zero-order valence-corrected chi connectivity index (χ0v) is 17.5. The molecule has 7 nitrogen and oxygen atoms in total. The van der Waals surface area contributed by atoms with E-state index in [2.05, 4.69) is 20.7 Å². The van der Waals surface area contributed by atoms with E-state index < -0.39 is 11.9 Å². The van der Waals surface area contributed by atoms with Gasteiger partial charge < -0.3 is 10.6 Å². The van der Waals surface area contributed by atoms with Gasteiger partial charge in [-0.1, -0.05) is 23.2 Å². The molecule has 150 valence electrons. The van der Waals surface area contributed by atoms with E-state index in [1.54, 1.807) is 41.9 Å². The lowest BCUT2D eigenvalue weighted by Gasteiger charge is -2.16. The molecular weight excluding hydrogens is 413 g/mol. The lowest BCUT2D eigenvalue weighted by atomic mass is 10.2. The van der Waals surface area contributed by atoms with E-state index in [0.29, 0.717) is 11.4 Å². The minimum atomic E-state index is -0.508. The molecule has 9 heteroatoms. The van der Waals surface area contributed by atoms with Crippen molar-refractivity contribution in [2.45, 2.75) is 26.8 Å². The molecule has 3 aromatic rings. The van der Waals surface area contributed by atoms with Gasteiger partial charge in [-0.25, -0.2) is 4.98 Å². The number of halogens is 2. The van der Waals surface area contributed by atoms with E-state index in [9.17, 15) is 9.59 Å². The van der Waals surface area contributed by atoms with E-state index in [-0.39, 0.29) is 21.6 Å². The number of aryl methyl sites for hydroxylation is 2. The van der Waals surface area contributed by atoms with Crippen LogP contribution in [0.15, 0.2) is 42.6 Å². The highest BCUT2D eigenvalue weighted by Crippen LogP contribution is 2.27. The third-order valence-corrected chi connectivity index (χ3v) is 4.89. The molecule has 0 fully saturated rings. The van der Waals surface area contributed by atoms with Gasteiger partial charge in [0, 0.05) is 17.6 Å². The molecule has 0 aliphatic carbocycles. The molecule has 2 N–H and O–H groups in total. The van der Waals surface area contributed by atoms with Crippen LogP contribution in [-0.2, 0) is 4.79 Å². The summed E-state index contributed by atoms with van der Waals surface area (Å²) in [6.45, 7) is 5.52. The maximum absolute atomic E-state index is 12.6. The Morgan fingerprint density at radius 2 is 1.86 bits per heavy atom. The fourth-order valence-corrected chi connectivity index (χ4v) is 3.27. The van der Waals surface area contributed by atoms with Crippen LogP contribution in [0.25, 0.3) is 0 Å². The minimum Gasteiger partial charge on any atom is -0.323 e. The van der Waals surface area contributed by atoms with Crippen LogP contribution in [0.2, 0.25) is 10.2 Å². The lowest BCUT2D eigenvalue weighted by Crippen LogP contribution is -2.25. The van der Waals surface area contributed by atoms with E-state index in [0.717, 1.165) is 11.4 Å². The zero-order chi connectivity index (χ0) is 21.1. The predicted octanol–water partition coefficient (Wildman–Crippen LogP) is 4.65.